The van der Waals surface area contributed by atoms with Gasteiger partial charge in [0.15, 0.2) is 0 Å². The molecular formula is C14H21. The van der Waals surface area contributed by atoms with Crippen molar-refractivity contribution in [2.24, 2.45) is 11.3 Å². The van der Waals surface area contributed by atoms with E-state index in [1.807, 2.05) is 0 Å². The highest BCUT2D eigenvalue weighted by Gasteiger charge is 2.29. The molecule has 0 heterocycles. The quantitative estimate of drug-likeness (QED) is 0.650. The lowest BCUT2D eigenvalue weighted by Crippen LogP contribution is -2.24. The van der Waals surface area contributed by atoms with E-state index in [2.05, 4.69) is 65.0 Å². The van der Waals surface area contributed by atoms with Crippen molar-refractivity contribution in [3.8, 4) is 0 Å². The van der Waals surface area contributed by atoms with E-state index in [0.29, 0.717) is 5.92 Å². The predicted molar refractivity (Wildman–Crippen MR) is 63.1 cm³/mol. The summed E-state index contributed by atoms with van der Waals surface area (Å²) < 4.78 is 0. The van der Waals surface area contributed by atoms with Crippen LogP contribution in [-0.4, -0.2) is 0 Å². The summed E-state index contributed by atoms with van der Waals surface area (Å²) in [4.78, 5) is 0. The van der Waals surface area contributed by atoms with Crippen molar-refractivity contribution in [2.75, 3.05) is 0 Å². The molecule has 0 bridgehead atoms. The zero-order chi connectivity index (χ0) is 10.8. The van der Waals surface area contributed by atoms with Gasteiger partial charge in [-0.15, -0.1) is 0 Å². The first-order chi connectivity index (χ1) is 6.43. The van der Waals surface area contributed by atoms with Crippen LogP contribution < -0.4 is 0 Å². The molecule has 1 aromatic rings. The standard InChI is InChI=1S/C14H21/c1-11(2)13(14(3,4)5)12-9-7-6-8-10-12/h6-11H,1-5H3. The third-order valence-corrected chi connectivity index (χ3v) is 2.47. The third kappa shape index (κ3) is 2.60. The van der Waals surface area contributed by atoms with Crippen molar-refractivity contribution < 1.29 is 0 Å². The second-order valence-corrected chi connectivity index (χ2v) is 5.18. The lowest BCUT2D eigenvalue weighted by molar-refractivity contribution is 0.385. The Balaban J connectivity index is 3.02. The van der Waals surface area contributed by atoms with Gasteiger partial charge in [0, 0.05) is 5.92 Å². The zero-order valence-electron chi connectivity index (χ0n) is 9.96. The van der Waals surface area contributed by atoms with Crippen LogP contribution in [0.15, 0.2) is 30.3 Å². The largest absolute Gasteiger partial charge is 0.0622 e. The highest BCUT2D eigenvalue weighted by molar-refractivity contribution is 5.34. The number of hydrogen-bond donors (Lipinski definition) is 0. The van der Waals surface area contributed by atoms with E-state index in [1.165, 1.54) is 11.5 Å². The normalized spacial score (nSPS) is 12.5. The molecule has 0 aliphatic carbocycles. The monoisotopic (exact) mass is 189 g/mol. The third-order valence-electron chi connectivity index (χ3n) is 2.47. The Labute approximate surface area is 88.4 Å². The first kappa shape index (κ1) is 11.3. The smallest absolute Gasteiger partial charge is 0.0129 e. The fourth-order valence-corrected chi connectivity index (χ4v) is 2.25. The van der Waals surface area contributed by atoms with Gasteiger partial charge in [-0.05, 0) is 16.9 Å². The minimum atomic E-state index is 0.259. The van der Waals surface area contributed by atoms with E-state index in [9.17, 15) is 0 Å². The molecule has 0 heteroatoms. The average Bonchev–Trinajstić information content (AvgIpc) is 2.02. The molecular weight excluding hydrogens is 168 g/mol. The lowest BCUT2D eigenvalue weighted by atomic mass is 9.71. The van der Waals surface area contributed by atoms with Gasteiger partial charge in [0.05, 0.1) is 0 Å². The van der Waals surface area contributed by atoms with Crippen molar-refractivity contribution in [1.82, 2.24) is 0 Å². The fraction of sp³-hybridized carbons (Fsp3) is 0.500. The van der Waals surface area contributed by atoms with Gasteiger partial charge in [-0.1, -0.05) is 65.0 Å². The summed E-state index contributed by atoms with van der Waals surface area (Å²) in [6.07, 6.45) is 0. The number of benzene rings is 1. The lowest BCUT2D eigenvalue weighted by Gasteiger charge is -2.33. The summed E-state index contributed by atoms with van der Waals surface area (Å²) in [5.74, 6) is 2.15. The number of rotatable bonds is 2. The molecule has 77 valence electrons. The van der Waals surface area contributed by atoms with Crippen LogP contribution in [0.5, 0.6) is 0 Å². The molecule has 0 saturated heterocycles. The fourth-order valence-electron chi connectivity index (χ4n) is 2.25. The predicted octanol–water partition coefficient (Wildman–Crippen LogP) is 4.31. The molecule has 0 fully saturated rings. The van der Waals surface area contributed by atoms with Gasteiger partial charge in [0.2, 0.25) is 0 Å². The summed E-state index contributed by atoms with van der Waals surface area (Å²) in [5, 5.41) is 0. The Morgan fingerprint density at radius 3 is 1.86 bits per heavy atom. The molecule has 1 radical (unpaired) electrons. The van der Waals surface area contributed by atoms with Crippen LogP contribution >= 0.6 is 0 Å². The second kappa shape index (κ2) is 4.16. The van der Waals surface area contributed by atoms with Crippen molar-refractivity contribution in [2.45, 2.75) is 34.6 Å². The first-order valence-corrected chi connectivity index (χ1v) is 5.35. The Kier molecular flexibility index (Phi) is 3.36. The average molecular weight is 189 g/mol. The van der Waals surface area contributed by atoms with Gasteiger partial charge in [0.25, 0.3) is 0 Å². The molecule has 0 unspecified atom stereocenters. The van der Waals surface area contributed by atoms with E-state index in [-0.39, 0.29) is 5.41 Å². The van der Waals surface area contributed by atoms with Crippen molar-refractivity contribution in [3.63, 3.8) is 0 Å². The topological polar surface area (TPSA) is 0 Å². The molecule has 0 aromatic heterocycles. The van der Waals surface area contributed by atoms with Gasteiger partial charge < -0.3 is 0 Å². The minimum absolute atomic E-state index is 0.259. The van der Waals surface area contributed by atoms with Crippen LogP contribution in [0, 0.1) is 17.3 Å². The highest BCUT2D eigenvalue weighted by atomic mass is 14.3. The maximum atomic E-state index is 2.29. The molecule has 0 aliphatic rings. The molecule has 0 N–H and O–H groups in total. The molecule has 14 heavy (non-hydrogen) atoms. The Morgan fingerprint density at radius 1 is 1.00 bits per heavy atom. The van der Waals surface area contributed by atoms with E-state index in [0.717, 1.165) is 0 Å². The second-order valence-electron chi connectivity index (χ2n) is 5.18. The zero-order valence-corrected chi connectivity index (χ0v) is 9.96. The van der Waals surface area contributed by atoms with Crippen LogP contribution in [0.4, 0.5) is 0 Å². The van der Waals surface area contributed by atoms with Crippen molar-refractivity contribution >= 4 is 0 Å². The maximum absolute atomic E-state index is 2.29. The summed E-state index contributed by atoms with van der Waals surface area (Å²) >= 11 is 0. The van der Waals surface area contributed by atoms with Crippen molar-refractivity contribution in [1.29, 1.82) is 0 Å². The van der Waals surface area contributed by atoms with Gasteiger partial charge in [-0.2, -0.15) is 0 Å². The summed E-state index contributed by atoms with van der Waals surface area (Å²) in [7, 11) is 0. The van der Waals surface area contributed by atoms with Gasteiger partial charge in [-0.25, -0.2) is 0 Å². The van der Waals surface area contributed by atoms with Gasteiger partial charge >= 0.3 is 0 Å². The van der Waals surface area contributed by atoms with Crippen LogP contribution in [0.25, 0.3) is 0 Å². The minimum Gasteiger partial charge on any atom is -0.0622 e. The summed E-state index contributed by atoms with van der Waals surface area (Å²) in [6, 6.07) is 10.7. The molecule has 1 aromatic carbocycles. The van der Waals surface area contributed by atoms with Crippen LogP contribution in [0.2, 0.25) is 0 Å². The van der Waals surface area contributed by atoms with E-state index in [4.69, 9.17) is 0 Å². The molecule has 1 rings (SSSR count). The van der Waals surface area contributed by atoms with Crippen LogP contribution in [0.1, 0.15) is 40.2 Å². The SMILES string of the molecule is CC(C)[C](c1ccccc1)C(C)(C)C. The van der Waals surface area contributed by atoms with E-state index in [1.54, 1.807) is 0 Å². The number of hydrogen-bond acceptors (Lipinski definition) is 0. The van der Waals surface area contributed by atoms with Crippen LogP contribution in [0.3, 0.4) is 0 Å². The van der Waals surface area contributed by atoms with Gasteiger partial charge in [-0.3, -0.25) is 0 Å². The summed E-state index contributed by atoms with van der Waals surface area (Å²) in [5.41, 5.74) is 1.64. The highest BCUT2D eigenvalue weighted by Crippen LogP contribution is 2.39. The molecule has 0 saturated carbocycles. The molecule has 0 amide bonds. The molecule has 0 nitrogen and oxygen atoms in total. The molecule has 0 atom stereocenters. The Bertz CT molecular complexity index is 264. The summed E-state index contributed by atoms with van der Waals surface area (Å²) in [6.45, 7) is 11.4. The van der Waals surface area contributed by atoms with Crippen molar-refractivity contribution in [3.05, 3.63) is 41.8 Å². The Morgan fingerprint density at radius 2 is 1.50 bits per heavy atom. The molecule has 0 spiro atoms. The van der Waals surface area contributed by atoms with Gasteiger partial charge in [0.1, 0.15) is 0 Å². The first-order valence-electron chi connectivity index (χ1n) is 5.35. The molecule has 0 aliphatic heterocycles. The van der Waals surface area contributed by atoms with E-state index >= 15 is 0 Å². The Hall–Kier alpha value is -0.780. The van der Waals surface area contributed by atoms with Crippen LogP contribution in [-0.2, 0) is 0 Å². The van der Waals surface area contributed by atoms with E-state index < -0.39 is 0 Å². The maximum Gasteiger partial charge on any atom is 0.0129 e.